The maximum Gasteiger partial charge on any atom is -0.0155 e. The molecule has 0 N–H and O–H groups in total. The normalized spacial score (nSPS) is 20.4. The smallest absolute Gasteiger partial charge is 0.0155 e. The summed E-state index contributed by atoms with van der Waals surface area (Å²) in [6.07, 6.45) is 5.76. The molecule has 0 saturated heterocycles. The molecule has 0 fully saturated rings. The van der Waals surface area contributed by atoms with Gasteiger partial charge in [-0.3, -0.25) is 0 Å². The van der Waals surface area contributed by atoms with Crippen LogP contribution in [-0.4, -0.2) is 0 Å². The molecule has 1 aromatic rings. The third kappa shape index (κ3) is 1.97. The van der Waals surface area contributed by atoms with Gasteiger partial charge in [0.25, 0.3) is 0 Å². The van der Waals surface area contributed by atoms with Gasteiger partial charge in [-0.1, -0.05) is 48.4 Å². The average Bonchev–Trinajstić information content (AvgIpc) is 2.23. The molecule has 0 bridgehead atoms. The molecule has 0 heterocycles. The van der Waals surface area contributed by atoms with Gasteiger partial charge in [0.2, 0.25) is 0 Å². The molecule has 1 aliphatic carbocycles. The Balaban J connectivity index is 2.52. The first-order valence-electron chi connectivity index (χ1n) is 6.04. The van der Waals surface area contributed by atoms with E-state index in [1.807, 2.05) is 0 Å². The molecule has 0 amide bonds. The van der Waals surface area contributed by atoms with E-state index < -0.39 is 0 Å². The van der Waals surface area contributed by atoms with Gasteiger partial charge in [0.05, 0.1) is 0 Å². The van der Waals surface area contributed by atoms with Gasteiger partial charge in [-0.15, -0.1) is 0 Å². The maximum atomic E-state index is 2.31. The first kappa shape index (κ1) is 11.2. The predicted octanol–water partition coefficient (Wildman–Crippen LogP) is 4.67. The molecule has 0 spiro atoms. The zero-order valence-electron chi connectivity index (χ0n) is 10.7. The van der Waals surface area contributed by atoms with Crippen molar-refractivity contribution >= 4 is 5.57 Å². The summed E-state index contributed by atoms with van der Waals surface area (Å²) < 4.78 is 0. The van der Waals surface area contributed by atoms with Crippen LogP contribution in [0.4, 0.5) is 0 Å². The molecular formula is C16H20. The molecule has 1 atom stereocenters. The van der Waals surface area contributed by atoms with Gasteiger partial charge in [0.15, 0.2) is 0 Å². The van der Waals surface area contributed by atoms with Crippen molar-refractivity contribution in [2.24, 2.45) is 5.92 Å². The molecule has 84 valence electrons. The monoisotopic (exact) mass is 212 g/mol. The van der Waals surface area contributed by atoms with Crippen LogP contribution in [0.1, 0.15) is 37.0 Å². The summed E-state index contributed by atoms with van der Waals surface area (Å²) in [6.45, 7) is 8.93. The molecule has 0 heteroatoms. The fourth-order valence-corrected chi connectivity index (χ4v) is 2.38. The van der Waals surface area contributed by atoms with Crippen molar-refractivity contribution in [3.05, 3.63) is 52.6 Å². The highest BCUT2D eigenvalue weighted by Gasteiger charge is 2.14. The van der Waals surface area contributed by atoms with Gasteiger partial charge < -0.3 is 0 Å². The van der Waals surface area contributed by atoms with Crippen LogP contribution in [0.3, 0.4) is 0 Å². The van der Waals surface area contributed by atoms with Gasteiger partial charge in [-0.2, -0.15) is 0 Å². The Morgan fingerprint density at radius 2 is 1.88 bits per heavy atom. The Hall–Kier alpha value is -1.30. The van der Waals surface area contributed by atoms with E-state index in [-0.39, 0.29) is 0 Å². The number of benzene rings is 1. The fraction of sp³-hybridized carbons (Fsp3) is 0.375. The molecule has 0 nitrogen and oxygen atoms in total. The maximum absolute atomic E-state index is 2.31. The van der Waals surface area contributed by atoms with Crippen LogP contribution in [0.2, 0.25) is 0 Å². The van der Waals surface area contributed by atoms with Gasteiger partial charge in [-0.25, -0.2) is 0 Å². The van der Waals surface area contributed by atoms with E-state index in [0.717, 1.165) is 0 Å². The predicted molar refractivity (Wildman–Crippen MR) is 71.4 cm³/mol. The van der Waals surface area contributed by atoms with Gasteiger partial charge in [-0.05, 0) is 49.8 Å². The number of allylic oxidation sites excluding steroid dienone is 4. The van der Waals surface area contributed by atoms with Crippen molar-refractivity contribution in [2.75, 3.05) is 0 Å². The second kappa shape index (κ2) is 4.29. The summed E-state index contributed by atoms with van der Waals surface area (Å²) in [5.74, 6) is 0.681. The minimum absolute atomic E-state index is 0.681. The Morgan fingerprint density at radius 1 is 1.12 bits per heavy atom. The lowest BCUT2D eigenvalue weighted by molar-refractivity contribution is 0.690. The molecule has 1 unspecified atom stereocenters. The zero-order chi connectivity index (χ0) is 11.7. The summed E-state index contributed by atoms with van der Waals surface area (Å²) >= 11 is 0. The first-order chi connectivity index (χ1) is 7.59. The molecule has 0 radical (unpaired) electrons. The van der Waals surface area contributed by atoms with Crippen molar-refractivity contribution in [1.82, 2.24) is 0 Å². The lowest BCUT2D eigenvalue weighted by atomic mass is 9.85. The highest BCUT2D eigenvalue weighted by Crippen LogP contribution is 2.32. The summed E-state index contributed by atoms with van der Waals surface area (Å²) in [7, 11) is 0. The number of rotatable bonds is 1. The molecule has 1 aliphatic rings. The molecule has 2 rings (SSSR count). The molecule has 0 saturated carbocycles. The Labute approximate surface area is 98.7 Å². The van der Waals surface area contributed by atoms with Crippen LogP contribution in [0.25, 0.3) is 5.57 Å². The largest absolute Gasteiger partial charge is 0.0833 e. The zero-order valence-corrected chi connectivity index (χ0v) is 10.7. The van der Waals surface area contributed by atoms with Crippen molar-refractivity contribution in [3.8, 4) is 0 Å². The molecule has 0 aromatic heterocycles. The van der Waals surface area contributed by atoms with Crippen molar-refractivity contribution in [1.29, 1.82) is 0 Å². The summed E-state index contributed by atoms with van der Waals surface area (Å²) in [5.41, 5.74) is 7.07. The summed E-state index contributed by atoms with van der Waals surface area (Å²) in [4.78, 5) is 0. The number of aryl methyl sites for hydroxylation is 2. The topological polar surface area (TPSA) is 0 Å². The van der Waals surface area contributed by atoms with E-state index in [1.54, 1.807) is 0 Å². The van der Waals surface area contributed by atoms with Crippen molar-refractivity contribution in [2.45, 2.75) is 34.1 Å². The van der Waals surface area contributed by atoms with Crippen LogP contribution in [-0.2, 0) is 0 Å². The van der Waals surface area contributed by atoms with Gasteiger partial charge in [0, 0.05) is 0 Å². The van der Waals surface area contributed by atoms with Gasteiger partial charge >= 0.3 is 0 Å². The van der Waals surface area contributed by atoms with E-state index in [0.29, 0.717) is 5.92 Å². The fourth-order valence-electron chi connectivity index (χ4n) is 2.38. The number of hydrogen-bond acceptors (Lipinski definition) is 0. The molecule has 1 aromatic carbocycles. The van der Waals surface area contributed by atoms with Crippen LogP contribution < -0.4 is 0 Å². The van der Waals surface area contributed by atoms with E-state index in [2.05, 4.69) is 58.0 Å². The minimum atomic E-state index is 0.681. The van der Waals surface area contributed by atoms with E-state index in [9.17, 15) is 0 Å². The van der Waals surface area contributed by atoms with Crippen LogP contribution in [0, 0.1) is 19.8 Å². The lowest BCUT2D eigenvalue weighted by Gasteiger charge is -2.20. The minimum Gasteiger partial charge on any atom is -0.0833 e. The lowest BCUT2D eigenvalue weighted by Crippen LogP contribution is -2.03. The second-order valence-electron chi connectivity index (χ2n) is 4.95. The standard InChI is InChI=1S/C16H20/c1-11-8-9-15(13(3)10-11)16-7-5-6-12(2)14(16)4/h5,7-10,12H,6H2,1-4H3. The highest BCUT2D eigenvalue weighted by atomic mass is 14.2. The molecule has 16 heavy (non-hydrogen) atoms. The summed E-state index contributed by atoms with van der Waals surface area (Å²) in [6, 6.07) is 6.73. The third-order valence-electron chi connectivity index (χ3n) is 3.61. The third-order valence-corrected chi connectivity index (χ3v) is 3.61. The summed E-state index contributed by atoms with van der Waals surface area (Å²) in [5, 5.41) is 0. The molecule has 0 aliphatic heterocycles. The van der Waals surface area contributed by atoms with Crippen LogP contribution in [0.15, 0.2) is 35.9 Å². The SMILES string of the molecule is CC1=C(c2ccc(C)cc2C)C=CCC1C. The van der Waals surface area contributed by atoms with E-state index in [1.165, 1.54) is 34.3 Å². The number of hydrogen-bond donors (Lipinski definition) is 0. The van der Waals surface area contributed by atoms with E-state index in [4.69, 9.17) is 0 Å². The molecular weight excluding hydrogens is 192 g/mol. The highest BCUT2D eigenvalue weighted by molar-refractivity contribution is 5.79. The second-order valence-corrected chi connectivity index (χ2v) is 4.95. The van der Waals surface area contributed by atoms with E-state index >= 15 is 0 Å². The Morgan fingerprint density at radius 3 is 2.56 bits per heavy atom. The van der Waals surface area contributed by atoms with Crippen LogP contribution in [0.5, 0.6) is 0 Å². The quantitative estimate of drug-likeness (QED) is 0.634. The average molecular weight is 212 g/mol. The van der Waals surface area contributed by atoms with Gasteiger partial charge in [0.1, 0.15) is 0 Å². The Kier molecular flexibility index (Phi) is 3.00. The van der Waals surface area contributed by atoms with Crippen molar-refractivity contribution in [3.63, 3.8) is 0 Å². The van der Waals surface area contributed by atoms with Crippen LogP contribution >= 0.6 is 0 Å². The van der Waals surface area contributed by atoms with Crippen molar-refractivity contribution < 1.29 is 0 Å². The Bertz CT molecular complexity index is 461. The first-order valence-corrected chi connectivity index (χ1v) is 6.04.